The van der Waals surface area contributed by atoms with Gasteiger partial charge >= 0.3 is 0 Å². The summed E-state index contributed by atoms with van der Waals surface area (Å²) in [6.45, 7) is 7.64. The summed E-state index contributed by atoms with van der Waals surface area (Å²) in [6, 6.07) is 2.95. The Bertz CT molecular complexity index is 1340. The van der Waals surface area contributed by atoms with Crippen LogP contribution >= 0.6 is 11.3 Å². The summed E-state index contributed by atoms with van der Waals surface area (Å²) < 4.78 is 13.8. The molecule has 0 aliphatic carbocycles. The number of hydrogen-bond donors (Lipinski definition) is 3. The van der Waals surface area contributed by atoms with Crippen LogP contribution in [0, 0.1) is 5.82 Å². The predicted molar refractivity (Wildman–Crippen MR) is 139 cm³/mol. The smallest absolute Gasteiger partial charge is 0.157 e. The Morgan fingerprint density at radius 2 is 2.09 bits per heavy atom. The Hall–Kier alpha value is -3.76. The first-order valence-corrected chi connectivity index (χ1v) is 12.1. The molecular formula is C25H27FN8S. The molecule has 180 valence electrons. The summed E-state index contributed by atoms with van der Waals surface area (Å²) in [5.74, 6) is 1.15. The standard InChI is InChI=1S/C25H27FN8S/c1-3-5-7-17(4-2)19-14-29-21(33-19)9-12-27-13-10-22-34-23-24(31-16-32-25(23)35-22)30-15-20-18(26)8-6-11-28-20/h3-8,11,14,16,27H,2,9-10,12-13,15H2,1H3,(H,29,33)(H,30,31,32)/b5-3-,17-7+. The zero-order valence-corrected chi connectivity index (χ0v) is 20.3. The third-order valence-corrected chi connectivity index (χ3v) is 6.20. The van der Waals surface area contributed by atoms with Crippen LogP contribution in [0.15, 0.2) is 61.7 Å². The number of H-pyrrole nitrogens is 1. The van der Waals surface area contributed by atoms with E-state index >= 15 is 0 Å². The number of aromatic nitrogens is 6. The lowest BCUT2D eigenvalue weighted by molar-refractivity contribution is 0.602. The summed E-state index contributed by atoms with van der Waals surface area (Å²) in [4.78, 5) is 26.0. The van der Waals surface area contributed by atoms with Crippen molar-refractivity contribution in [2.75, 3.05) is 18.4 Å². The van der Waals surface area contributed by atoms with Crippen LogP contribution in [0.5, 0.6) is 0 Å². The third kappa shape index (κ3) is 6.43. The van der Waals surface area contributed by atoms with Gasteiger partial charge in [-0.25, -0.2) is 24.3 Å². The molecule has 0 fully saturated rings. The molecular weight excluding hydrogens is 463 g/mol. The summed E-state index contributed by atoms with van der Waals surface area (Å²) in [5.41, 5.74) is 2.99. The maximum atomic E-state index is 13.8. The van der Waals surface area contributed by atoms with E-state index in [-0.39, 0.29) is 12.4 Å². The lowest BCUT2D eigenvalue weighted by Crippen LogP contribution is -2.20. The molecule has 4 aromatic heterocycles. The van der Waals surface area contributed by atoms with Gasteiger partial charge in [-0.2, -0.15) is 0 Å². The highest BCUT2D eigenvalue weighted by atomic mass is 32.1. The van der Waals surface area contributed by atoms with Gasteiger partial charge in [-0.3, -0.25) is 4.98 Å². The molecule has 0 saturated carbocycles. The highest BCUT2D eigenvalue weighted by molar-refractivity contribution is 7.18. The van der Waals surface area contributed by atoms with Crippen molar-refractivity contribution < 1.29 is 4.39 Å². The van der Waals surface area contributed by atoms with Crippen molar-refractivity contribution >= 4 is 33.1 Å². The molecule has 10 heteroatoms. The maximum absolute atomic E-state index is 13.8. The highest BCUT2D eigenvalue weighted by Crippen LogP contribution is 2.25. The molecule has 0 aliphatic heterocycles. The number of thiazole rings is 1. The van der Waals surface area contributed by atoms with Gasteiger partial charge in [0, 0.05) is 32.1 Å². The number of pyridine rings is 1. The summed E-state index contributed by atoms with van der Waals surface area (Å²) >= 11 is 1.53. The van der Waals surface area contributed by atoms with Gasteiger partial charge in [0.2, 0.25) is 0 Å². The monoisotopic (exact) mass is 490 g/mol. The number of allylic oxidation sites excluding steroid dienone is 5. The van der Waals surface area contributed by atoms with Crippen LogP contribution in [0.2, 0.25) is 0 Å². The van der Waals surface area contributed by atoms with Crippen LogP contribution in [0.25, 0.3) is 15.9 Å². The second-order valence-corrected chi connectivity index (χ2v) is 8.68. The Morgan fingerprint density at radius 3 is 2.91 bits per heavy atom. The predicted octanol–water partition coefficient (Wildman–Crippen LogP) is 4.48. The van der Waals surface area contributed by atoms with Crippen molar-refractivity contribution in [3.05, 3.63) is 89.8 Å². The normalized spacial score (nSPS) is 12.0. The van der Waals surface area contributed by atoms with E-state index in [2.05, 4.69) is 42.1 Å². The SMILES string of the molecule is C=C/C(=C\C=C/C)c1cnc(CCNCCc2nc3c(NCc4ncccc4F)ncnc3s2)[nH]1. The van der Waals surface area contributed by atoms with Gasteiger partial charge in [0.15, 0.2) is 5.82 Å². The van der Waals surface area contributed by atoms with Crippen LogP contribution in [-0.4, -0.2) is 43.0 Å². The number of nitrogens with zero attached hydrogens (tertiary/aromatic N) is 5. The average Bonchev–Trinajstić information content (AvgIpc) is 3.51. The quantitative estimate of drug-likeness (QED) is 0.199. The molecule has 8 nitrogen and oxygen atoms in total. The first-order valence-electron chi connectivity index (χ1n) is 11.3. The van der Waals surface area contributed by atoms with Crippen molar-refractivity contribution in [3.8, 4) is 0 Å². The second kappa shape index (κ2) is 12.1. The molecule has 35 heavy (non-hydrogen) atoms. The van der Waals surface area contributed by atoms with E-state index in [0.717, 1.165) is 52.9 Å². The number of imidazole rings is 1. The minimum atomic E-state index is -0.354. The van der Waals surface area contributed by atoms with Gasteiger partial charge in [-0.05, 0) is 24.6 Å². The van der Waals surface area contributed by atoms with E-state index in [1.54, 1.807) is 12.3 Å². The molecule has 0 bridgehead atoms. The first-order chi connectivity index (χ1) is 17.2. The van der Waals surface area contributed by atoms with Gasteiger partial charge < -0.3 is 15.6 Å². The molecule has 0 aromatic carbocycles. The van der Waals surface area contributed by atoms with E-state index in [1.807, 2.05) is 37.4 Å². The van der Waals surface area contributed by atoms with Gasteiger partial charge in [0.05, 0.1) is 29.1 Å². The van der Waals surface area contributed by atoms with E-state index in [9.17, 15) is 4.39 Å². The number of halogens is 1. The summed E-state index contributed by atoms with van der Waals surface area (Å²) in [6.07, 6.45) is 14.2. The number of hydrogen-bond acceptors (Lipinski definition) is 8. The highest BCUT2D eigenvalue weighted by Gasteiger charge is 2.12. The second-order valence-electron chi connectivity index (χ2n) is 7.61. The van der Waals surface area contributed by atoms with Gasteiger partial charge in [0.25, 0.3) is 0 Å². The molecule has 0 amide bonds. The lowest BCUT2D eigenvalue weighted by Gasteiger charge is -2.05. The lowest BCUT2D eigenvalue weighted by atomic mass is 10.2. The fraction of sp³-hybridized carbons (Fsp3) is 0.240. The van der Waals surface area contributed by atoms with Crippen LogP contribution < -0.4 is 10.6 Å². The van der Waals surface area contributed by atoms with Gasteiger partial charge in [0.1, 0.15) is 28.3 Å². The topological polar surface area (TPSA) is 104 Å². The van der Waals surface area contributed by atoms with E-state index in [4.69, 9.17) is 4.98 Å². The van der Waals surface area contributed by atoms with Gasteiger partial charge in [-0.1, -0.05) is 42.2 Å². The Balaban J connectivity index is 1.27. The van der Waals surface area contributed by atoms with Crippen molar-refractivity contribution in [2.45, 2.75) is 26.3 Å². The number of fused-ring (bicyclic) bond motifs is 1. The zero-order valence-electron chi connectivity index (χ0n) is 19.5. The van der Waals surface area contributed by atoms with Crippen molar-refractivity contribution in [1.29, 1.82) is 0 Å². The molecule has 0 saturated heterocycles. The van der Waals surface area contributed by atoms with Crippen molar-refractivity contribution in [1.82, 2.24) is 35.2 Å². The molecule has 3 N–H and O–H groups in total. The van der Waals surface area contributed by atoms with E-state index < -0.39 is 0 Å². The molecule has 0 atom stereocenters. The summed E-state index contributed by atoms with van der Waals surface area (Å²) in [7, 11) is 0. The molecule has 4 heterocycles. The first kappa shape index (κ1) is 24.4. The molecule has 0 radical (unpaired) electrons. The number of anilines is 1. The fourth-order valence-corrected chi connectivity index (χ4v) is 4.28. The number of rotatable bonds is 12. The Labute approximate surface area is 207 Å². The van der Waals surface area contributed by atoms with Crippen LogP contribution in [0.4, 0.5) is 10.2 Å². The van der Waals surface area contributed by atoms with E-state index in [0.29, 0.717) is 17.0 Å². The largest absolute Gasteiger partial charge is 0.362 e. The third-order valence-electron chi connectivity index (χ3n) is 5.18. The van der Waals surface area contributed by atoms with Crippen molar-refractivity contribution in [3.63, 3.8) is 0 Å². The maximum Gasteiger partial charge on any atom is 0.157 e. The average molecular weight is 491 g/mol. The van der Waals surface area contributed by atoms with Crippen LogP contribution in [0.1, 0.15) is 29.1 Å². The summed E-state index contributed by atoms with van der Waals surface area (Å²) in [5, 5.41) is 7.53. The Kier molecular flexibility index (Phi) is 8.42. The molecule has 4 aromatic rings. The number of aromatic amines is 1. The minimum Gasteiger partial charge on any atom is -0.362 e. The van der Waals surface area contributed by atoms with Crippen LogP contribution in [0.3, 0.4) is 0 Å². The molecule has 0 spiro atoms. The number of nitrogens with one attached hydrogen (secondary N) is 3. The fourth-order valence-electron chi connectivity index (χ4n) is 3.38. The Morgan fingerprint density at radius 1 is 1.20 bits per heavy atom. The molecule has 4 rings (SSSR count). The van der Waals surface area contributed by atoms with Crippen LogP contribution in [-0.2, 0) is 19.4 Å². The molecule has 0 aliphatic rings. The van der Waals surface area contributed by atoms with Crippen molar-refractivity contribution in [2.24, 2.45) is 0 Å². The van der Waals surface area contributed by atoms with Gasteiger partial charge in [-0.15, -0.1) is 0 Å². The van der Waals surface area contributed by atoms with E-state index in [1.165, 1.54) is 23.7 Å². The molecule has 0 unspecified atom stereocenters. The zero-order chi connectivity index (χ0) is 24.5. The minimum absolute atomic E-state index is 0.223.